The summed E-state index contributed by atoms with van der Waals surface area (Å²) < 4.78 is 26.9. The third-order valence-corrected chi connectivity index (χ3v) is 3.59. The molecule has 22 heavy (non-hydrogen) atoms. The molecule has 0 saturated carbocycles. The highest BCUT2D eigenvalue weighted by Crippen LogP contribution is 2.28. The summed E-state index contributed by atoms with van der Waals surface area (Å²) in [4.78, 5) is 23.9. The second kappa shape index (κ2) is 7.32. The van der Waals surface area contributed by atoms with Crippen molar-refractivity contribution in [3.05, 3.63) is 12.2 Å². The first-order chi connectivity index (χ1) is 10.4. The summed E-state index contributed by atoms with van der Waals surface area (Å²) in [5, 5.41) is 0. The van der Waals surface area contributed by atoms with E-state index in [1.165, 1.54) is 6.92 Å². The number of rotatable bonds is 6. The minimum Gasteiger partial charge on any atom is -0.454 e. The molecule has 2 rings (SSSR count). The van der Waals surface area contributed by atoms with Crippen molar-refractivity contribution in [2.75, 3.05) is 19.8 Å². The third-order valence-electron chi connectivity index (χ3n) is 3.59. The number of ketones is 1. The van der Waals surface area contributed by atoms with Crippen LogP contribution >= 0.6 is 0 Å². The fourth-order valence-electron chi connectivity index (χ4n) is 2.50. The summed E-state index contributed by atoms with van der Waals surface area (Å²) in [6, 6.07) is 0. The Morgan fingerprint density at radius 3 is 2.00 bits per heavy atom. The van der Waals surface area contributed by atoms with Gasteiger partial charge in [0.05, 0.1) is 31.3 Å². The normalized spacial score (nSPS) is 32.7. The Labute approximate surface area is 129 Å². The zero-order valence-electron chi connectivity index (χ0n) is 13.1. The molecule has 0 radical (unpaired) electrons. The number of hydrogen-bond donors (Lipinski definition) is 0. The van der Waals surface area contributed by atoms with Crippen LogP contribution in [0.25, 0.3) is 0 Å². The molecule has 2 heterocycles. The maximum atomic E-state index is 12.5. The van der Waals surface area contributed by atoms with Crippen LogP contribution in [0.2, 0.25) is 0 Å². The van der Waals surface area contributed by atoms with Crippen molar-refractivity contribution in [1.29, 1.82) is 0 Å². The lowest BCUT2D eigenvalue weighted by molar-refractivity contribution is -0.151. The molecule has 4 atom stereocenters. The van der Waals surface area contributed by atoms with Crippen molar-refractivity contribution in [1.82, 2.24) is 0 Å². The van der Waals surface area contributed by atoms with Gasteiger partial charge >= 0.3 is 5.97 Å². The average Bonchev–Trinajstić information content (AvgIpc) is 3.06. The van der Waals surface area contributed by atoms with Crippen molar-refractivity contribution in [2.24, 2.45) is 5.92 Å². The summed E-state index contributed by atoms with van der Waals surface area (Å²) in [6.07, 6.45) is -1.63. The monoisotopic (exact) mass is 314 g/mol. The number of carbonyl (C=O) groups is 2. The van der Waals surface area contributed by atoms with Crippen LogP contribution in [0.4, 0.5) is 0 Å². The summed E-state index contributed by atoms with van der Waals surface area (Å²) in [5.41, 5.74) is 0.243. The van der Waals surface area contributed by atoms with E-state index >= 15 is 0 Å². The van der Waals surface area contributed by atoms with E-state index in [9.17, 15) is 9.59 Å². The lowest BCUT2D eigenvalue weighted by atomic mass is 9.92. The highest BCUT2D eigenvalue weighted by molar-refractivity contribution is 5.90. The van der Waals surface area contributed by atoms with Crippen LogP contribution in [0.15, 0.2) is 12.2 Å². The van der Waals surface area contributed by atoms with E-state index in [0.717, 1.165) is 0 Å². The first kappa shape index (κ1) is 17.1. The fraction of sp³-hybridized carbons (Fsp3) is 0.733. The quantitative estimate of drug-likeness (QED) is 0.530. The first-order valence-corrected chi connectivity index (χ1v) is 7.28. The fourth-order valence-corrected chi connectivity index (χ4v) is 2.50. The number of esters is 1. The highest BCUT2D eigenvalue weighted by atomic mass is 16.7. The van der Waals surface area contributed by atoms with Gasteiger partial charge in [0.1, 0.15) is 0 Å². The molecule has 0 aliphatic carbocycles. The molecular formula is C15H22O7. The van der Waals surface area contributed by atoms with Crippen molar-refractivity contribution >= 4 is 11.8 Å². The van der Waals surface area contributed by atoms with Crippen LogP contribution in [0.1, 0.15) is 20.8 Å². The van der Waals surface area contributed by atoms with E-state index in [4.69, 9.17) is 23.7 Å². The van der Waals surface area contributed by atoms with E-state index in [0.29, 0.717) is 13.2 Å². The number of ether oxygens (including phenoxy) is 5. The van der Waals surface area contributed by atoms with Crippen LogP contribution in [-0.4, -0.2) is 56.4 Å². The zero-order chi connectivity index (χ0) is 16.3. The minimum atomic E-state index is -0.604. The van der Waals surface area contributed by atoms with Crippen molar-refractivity contribution in [2.45, 2.75) is 45.6 Å². The molecule has 7 heteroatoms. The summed E-state index contributed by atoms with van der Waals surface area (Å²) >= 11 is 0. The molecule has 0 amide bonds. The SMILES string of the molecule is C=C(C)C(=O)OCC(=O)C(C1COC(C)O1)C1COC(C)O1. The van der Waals surface area contributed by atoms with Gasteiger partial charge in [-0.25, -0.2) is 4.79 Å². The first-order valence-electron chi connectivity index (χ1n) is 7.28. The van der Waals surface area contributed by atoms with Gasteiger partial charge in [-0.3, -0.25) is 4.79 Å². The lowest BCUT2D eigenvalue weighted by Gasteiger charge is -2.25. The van der Waals surface area contributed by atoms with Crippen LogP contribution in [0.3, 0.4) is 0 Å². The van der Waals surface area contributed by atoms with Gasteiger partial charge in [0.2, 0.25) is 0 Å². The zero-order valence-corrected chi connectivity index (χ0v) is 13.1. The number of carbonyl (C=O) groups excluding carboxylic acids is 2. The molecule has 0 aromatic heterocycles. The van der Waals surface area contributed by atoms with E-state index in [1.807, 2.05) is 0 Å². The molecule has 0 aromatic rings. The van der Waals surface area contributed by atoms with Gasteiger partial charge in [-0.15, -0.1) is 0 Å². The molecule has 0 N–H and O–H groups in total. The maximum Gasteiger partial charge on any atom is 0.333 e. The number of Topliss-reactive ketones (excluding diaryl/α,β-unsaturated/α-hetero) is 1. The van der Waals surface area contributed by atoms with Crippen molar-refractivity contribution < 1.29 is 33.3 Å². The molecule has 0 spiro atoms. The molecule has 4 unspecified atom stereocenters. The summed E-state index contributed by atoms with van der Waals surface area (Å²) in [5.74, 6) is -1.48. The van der Waals surface area contributed by atoms with Gasteiger partial charge in [-0.1, -0.05) is 6.58 Å². The summed E-state index contributed by atoms with van der Waals surface area (Å²) in [7, 11) is 0. The molecule has 2 aliphatic heterocycles. The van der Waals surface area contributed by atoms with Gasteiger partial charge in [0, 0.05) is 5.57 Å². The average molecular weight is 314 g/mol. The second-order valence-corrected chi connectivity index (χ2v) is 5.50. The molecule has 0 bridgehead atoms. The maximum absolute atomic E-state index is 12.5. The standard InChI is InChI=1S/C15H22O7/c1-8(2)15(17)20-5-11(16)14(12-6-18-9(3)21-12)13-7-19-10(4)22-13/h9-10,12-14H,1,5-7H2,2-4H3. The predicted molar refractivity (Wildman–Crippen MR) is 74.8 cm³/mol. The molecule has 2 saturated heterocycles. The smallest absolute Gasteiger partial charge is 0.333 e. The predicted octanol–water partition coefficient (Wildman–Crippen LogP) is 0.814. The highest BCUT2D eigenvalue weighted by Gasteiger charge is 2.43. The van der Waals surface area contributed by atoms with E-state index in [2.05, 4.69) is 6.58 Å². The Bertz CT molecular complexity index is 427. The number of hydrogen-bond acceptors (Lipinski definition) is 7. The van der Waals surface area contributed by atoms with E-state index in [1.54, 1.807) is 13.8 Å². The summed E-state index contributed by atoms with van der Waals surface area (Å²) in [6.45, 7) is 8.76. The van der Waals surface area contributed by atoms with Gasteiger partial charge in [0.15, 0.2) is 25.0 Å². The van der Waals surface area contributed by atoms with Gasteiger partial charge in [-0.05, 0) is 20.8 Å². The van der Waals surface area contributed by atoms with Crippen LogP contribution in [0.5, 0.6) is 0 Å². The van der Waals surface area contributed by atoms with Crippen LogP contribution in [-0.2, 0) is 33.3 Å². The van der Waals surface area contributed by atoms with Crippen LogP contribution in [0, 0.1) is 5.92 Å². The van der Waals surface area contributed by atoms with Gasteiger partial charge in [-0.2, -0.15) is 0 Å². The Morgan fingerprint density at radius 2 is 1.64 bits per heavy atom. The Balaban J connectivity index is 2.01. The second-order valence-electron chi connectivity index (χ2n) is 5.50. The van der Waals surface area contributed by atoms with E-state index < -0.39 is 24.1 Å². The van der Waals surface area contributed by atoms with Gasteiger partial charge in [0.25, 0.3) is 0 Å². The largest absolute Gasteiger partial charge is 0.454 e. The van der Waals surface area contributed by atoms with Gasteiger partial charge < -0.3 is 23.7 Å². The van der Waals surface area contributed by atoms with E-state index in [-0.39, 0.29) is 30.5 Å². The topological polar surface area (TPSA) is 80.3 Å². The molecule has 2 aliphatic rings. The molecule has 7 nitrogen and oxygen atoms in total. The molecule has 2 fully saturated rings. The van der Waals surface area contributed by atoms with Crippen molar-refractivity contribution in [3.8, 4) is 0 Å². The molecular weight excluding hydrogens is 292 g/mol. The van der Waals surface area contributed by atoms with Crippen LogP contribution < -0.4 is 0 Å². The van der Waals surface area contributed by atoms with Crippen molar-refractivity contribution in [3.63, 3.8) is 0 Å². The minimum absolute atomic E-state index is 0.243. The Morgan fingerprint density at radius 1 is 1.14 bits per heavy atom. The Hall–Kier alpha value is -1.28. The lowest BCUT2D eigenvalue weighted by Crippen LogP contribution is -2.43. The third kappa shape index (κ3) is 4.13. The Kier molecular flexibility index (Phi) is 5.69. The molecule has 0 aromatic carbocycles. The molecule has 124 valence electrons.